The van der Waals surface area contributed by atoms with Crippen LogP contribution in [0.3, 0.4) is 0 Å². The van der Waals surface area contributed by atoms with Gasteiger partial charge in [0.1, 0.15) is 0 Å². The molecule has 0 spiro atoms. The molecule has 0 bridgehead atoms. The van der Waals surface area contributed by atoms with Crippen LogP contribution in [0.15, 0.2) is 23.1 Å². The lowest BCUT2D eigenvalue weighted by Gasteiger charge is -2.34. The van der Waals surface area contributed by atoms with Crippen LogP contribution >= 0.6 is 0 Å². The summed E-state index contributed by atoms with van der Waals surface area (Å²) in [6.45, 7) is 4.60. The summed E-state index contributed by atoms with van der Waals surface area (Å²) in [5.41, 5.74) is 2.33. The zero-order valence-corrected chi connectivity index (χ0v) is 12.9. The highest BCUT2D eigenvalue weighted by atomic mass is 32.2. The lowest BCUT2D eigenvalue weighted by atomic mass is 10.1. The number of nitrogens with one attached hydrogen (secondary N) is 1. The van der Waals surface area contributed by atoms with Crippen molar-refractivity contribution in [3.05, 3.63) is 29.3 Å². The molecule has 3 aliphatic rings. The molecule has 1 saturated carbocycles. The Bertz CT molecular complexity index is 647. The molecule has 0 amide bonds. The third-order valence-corrected chi connectivity index (χ3v) is 6.68. The Kier molecular flexibility index (Phi) is 3.29. The van der Waals surface area contributed by atoms with E-state index in [1.54, 1.807) is 10.4 Å². The van der Waals surface area contributed by atoms with Crippen LogP contribution in [0, 0.1) is 0 Å². The molecule has 2 fully saturated rings. The number of hydrogen-bond donors (Lipinski definition) is 1. The lowest BCUT2D eigenvalue weighted by molar-refractivity contribution is 0.180. The Balaban J connectivity index is 1.53. The van der Waals surface area contributed by atoms with Gasteiger partial charge in [-0.25, -0.2) is 8.42 Å². The quantitative estimate of drug-likeness (QED) is 0.896. The predicted molar refractivity (Wildman–Crippen MR) is 80.3 cm³/mol. The summed E-state index contributed by atoms with van der Waals surface area (Å²) >= 11 is 0. The van der Waals surface area contributed by atoms with Crippen molar-refractivity contribution in [1.29, 1.82) is 0 Å². The van der Waals surface area contributed by atoms with Gasteiger partial charge >= 0.3 is 0 Å². The van der Waals surface area contributed by atoms with E-state index >= 15 is 0 Å². The van der Waals surface area contributed by atoms with Gasteiger partial charge < -0.3 is 5.32 Å². The van der Waals surface area contributed by atoms with Crippen LogP contribution in [-0.2, 0) is 23.1 Å². The van der Waals surface area contributed by atoms with Gasteiger partial charge in [-0.2, -0.15) is 4.31 Å². The zero-order chi connectivity index (χ0) is 14.4. The van der Waals surface area contributed by atoms with E-state index in [0.29, 0.717) is 18.0 Å². The molecule has 5 nitrogen and oxygen atoms in total. The molecule has 1 aromatic carbocycles. The summed E-state index contributed by atoms with van der Waals surface area (Å²) in [6, 6.07) is 6.27. The van der Waals surface area contributed by atoms with Crippen LogP contribution in [0.1, 0.15) is 24.0 Å². The average Bonchev–Trinajstić information content (AvgIpc) is 3.24. The second kappa shape index (κ2) is 5.05. The van der Waals surface area contributed by atoms with Gasteiger partial charge in [-0.1, -0.05) is 6.07 Å². The molecule has 4 rings (SSSR count). The Morgan fingerprint density at radius 3 is 2.43 bits per heavy atom. The predicted octanol–water partition coefficient (Wildman–Crippen LogP) is 0.758. The molecule has 1 saturated heterocycles. The molecule has 0 unspecified atom stereocenters. The Morgan fingerprint density at radius 2 is 1.71 bits per heavy atom. The summed E-state index contributed by atoms with van der Waals surface area (Å²) < 4.78 is 27.2. The summed E-state index contributed by atoms with van der Waals surface area (Å²) in [7, 11) is -3.33. The topological polar surface area (TPSA) is 52.7 Å². The summed E-state index contributed by atoms with van der Waals surface area (Å²) in [5.74, 6) is 0. The molecule has 114 valence electrons. The van der Waals surface area contributed by atoms with Gasteiger partial charge in [0.15, 0.2) is 0 Å². The number of piperazine rings is 1. The smallest absolute Gasteiger partial charge is 0.243 e. The molecule has 2 heterocycles. The second-order valence-electron chi connectivity index (χ2n) is 6.21. The monoisotopic (exact) mass is 307 g/mol. The summed E-state index contributed by atoms with van der Waals surface area (Å²) in [6.07, 6.45) is 2.56. The molecular formula is C15H21N3O2S. The zero-order valence-electron chi connectivity index (χ0n) is 12.1. The van der Waals surface area contributed by atoms with E-state index in [2.05, 4.69) is 10.2 Å². The van der Waals surface area contributed by atoms with E-state index in [4.69, 9.17) is 0 Å². The molecule has 6 heteroatoms. The summed E-state index contributed by atoms with van der Waals surface area (Å²) in [4.78, 5) is 2.88. The Hall–Kier alpha value is -0.950. The van der Waals surface area contributed by atoms with Gasteiger partial charge in [0.25, 0.3) is 0 Å². The molecule has 1 aliphatic carbocycles. The van der Waals surface area contributed by atoms with Gasteiger partial charge in [-0.05, 0) is 36.1 Å². The molecule has 0 aromatic heterocycles. The molecular weight excluding hydrogens is 286 g/mol. The molecule has 0 atom stereocenters. The lowest BCUT2D eigenvalue weighted by Crippen LogP contribution is -2.49. The fraction of sp³-hybridized carbons (Fsp3) is 0.600. The molecule has 0 radical (unpaired) electrons. The highest BCUT2D eigenvalue weighted by Crippen LogP contribution is 2.29. The van der Waals surface area contributed by atoms with Gasteiger partial charge in [0, 0.05) is 45.3 Å². The maximum atomic E-state index is 12.8. The Morgan fingerprint density at radius 1 is 1.00 bits per heavy atom. The maximum absolute atomic E-state index is 12.8. The van der Waals surface area contributed by atoms with Crippen molar-refractivity contribution in [2.75, 3.05) is 26.2 Å². The van der Waals surface area contributed by atoms with Crippen LogP contribution in [0.25, 0.3) is 0 Å². The van der Waals surface area contributed by atoms with Crippen LogP contribution in [-0.4, -0.2) is 49.8 Å². The Labute approximate surface area is 126 Å². The van der Waals surface area contributed by atoms with E-state index in [1.165, 1.54) is 18.4 Å². The third-order valence-electron chi connectivity index (χ3n) is 4.78. The molecule has 1 aromatic rings. The van der Waals surface area contributed by atoms with Gasteiger partial charge in [0.2, 0.25) is 10.0 Å². The minimum atomic E-state index is -3.33. The van der Waals surface area contributed by atoms with Gasteiger partial charge in [-0.3, -0.25) is 4.90 Å². The highest BCUT2D eigenvalue weighted by molar-refractivity contribution is 7.89. The van der Waals surface area contributed by atoms with Gasteiger partial charge in [0.05, 0.1) is 4.90 Å². The van der Waals surface area contributed by atoms with Crippen molar-refractivity contribution in [2.24, 2.45) is 0 Å². The number of hydrogen-bond acceptors (Lipinski definition) is 4. The number of rotatable bonds is 3. The van der Waals surface area contributed by atoms with E-state index in [-0.39, 0.29) is 0 Å². The standard InChI is InChI=1S/C15H21N3O2S/c19-21(20,15-4-1-12-10-16-11-13(12)9-15)18-7-5-17(6-8-18)14-2-3-14/h1,4,9,14,16H,2-3,5-8,10-11H2. The van der Waals surface area contributed by atoms with E-state index in [0.717, 1.165) is 37.8 Å². The summed E-state index contributed by atoms with van der Waals surface area (Å²) in [5, 5.41) is 3.26. The molecule has 21 heavy (non-hydrogen) atoms. The van der Waals surface area contributed by atoms with Crippen molar-refractivity contribution >= 4 is 10.0 Å². The van der Waals surface area contributed by atoms with Gasteiger partial charge in [-0.15, -0.1) is 0 Å². The van der Waals surface area contributed by atoms with Crippen molar-refractivity contribution in [1.82, 2.24) is 14.5 Å². The van der Waals surface area contributed by atoms with Crippen LogP contribution in [0.2, 0.25) is 0 Å². The number of sulfonamides is 1. The van der Waals surface area contributed by atoms with E-state index in [1.807, 2.05) is 12.1 Å². The van der Waals surface area contributed by atoms with Crippen molar-refractivity contribution in [3.63, 3.8) is 0 Å². The second-order valence-corrected chi connectivity index (χ2v) is 8.14. The van der Waals surface area contributed by atoms with Crippen LogP contribution < -0.4 is 5.32 Å². The maximum Gasteiger partial charge on any atom is 0.243 e. The van der Waals surface area contributed by atoms with E-state index in [9.17, 15) is 8.42 Å². The first-order valence-electron chi connectivity index (χ1n) is 7.71. The SMILES string of the molecule is O=S(=O)(c1ccc2c(c1)CNC2)N1CCN(C2CC2)CC1. The first-order chi connectivity index (χ1) is 10.1. The van der Waals surface area contributed by atoms with Crippen molar-refractivity contribution in [2.45, 2.75) is 36.9 Å². The third kappa shape index (κ3) is 2.50. The number of fused-ring (bicyclic) bond motifs is 1. The first kappa shape index (κ1) is 13.7. The largest absolute Gasteiger partial charge is 0.309 e. The number of benzene rings is 1. The average molecular weight is 307 g/mol. The minimum absolute atomic E-state index is 0.449. The first-order valence-corrected chi connectivity index (χ1v) is 9.15. The fourth-order valence-electron chi connectivity index (χ4n) is 3.33. The van der Waals surface area contributed by atoms with Crippen molar-refractivity contribution < 1.29 is 8.42 Å². The minimum Gasteiger partial charge on any atom is -0.309 e. The van der Waals surface area contributed by atoms with Crippen LogP contribution in [0.4, 0.5) is 0 Å². The molecule has 1 N–H and O–H groups in total. The van der Waals surface area contributed by atoms with Crippen LogP contribution in [0.5, 0.6) is 0 Å². The highest BCUT2D eigenvalue weighted by Gasteiger charge is 2.35. The number of nitrogens with zero attached hydrogens (tertiary/aromatic N) is 2. The normalized spacial score (nSPS) is 24.2. The fourth-order valence-corrected chi connectivity index (χ4v) is 4.80. The van der Waals surface area contributed by atoms with Crippen molar-refractivity contribution in [3.8, 4) is 0 Å². The molecule has 2 aliphatic heterocycles. The van der Waals surface area contributed by atoms with E-state index < -0.39 is 10.0 Å².